The van der Waals surface area contributed by atoms with Crippen molar-refractivity contribution >= 4 is 28.3 Å². The van der Waals surface area contributed by atoms with Gasteiger partial charge in [-0.1, -0.05) is 30.3 Å². The summed E-state index contributed by atoms with van der Waals surface area (Å²) in [5.74, 6) is -0.0313. The van der Waals surface area contributed by atoms with Crippen molar-refractivity contribution in [3.05, 3.63) is 86.8 Å². The Bertz CT molecular complexity index is 1380. The Morgan fingerprint density at radius 2 is 1.79 bits per heavy atom. The van der Waals surface area contributed by atoms with Crippen molar-refractivity contribution in [2.24, 2.45) is 0 Å². The van der Waals surface area contributed by atoms with E-state index in [1.807, 2.05) is 24.3 Å². The van der Waals surface area contributed by atoms with Gasteiger partial charge >= 0.3 is 0 Å². The van der Waals surface area contributed by atoms with Gasteiger partial charge in [0.15, 0.2) is 0 Å². The average Bonchev–Trinajstić information content (AvgIpc) is 3.23. The van der Waals surface area contributed by atoms with Crippen molar-refractivity contribution in [1.29, 1.82) is 15.8 Å². The summed E-state index contributed by atoms with van der Waals surface area (Å²) in [7, 11) is 0. The molecule has 0 radical (unpaired) electrons. The van der Waals surface area contributed by atoms with Gasteiger partial charge in [-0.05, 0) is 61.1 Å². The van der Waals surface area contributed by atoms with Gasteiger partial charge in [0, 0.05) is 10.4 Å². The molecule has 0 atom stereocenters. The van der Waals surface area contributed by atoms with Crippen LogP contribution >= 0.6 is 11.3 Å². The molecule has 0 bridgehead atoms. The molecule has 3 aromatic rings. The second kappa shape index (κ2) is 10.5. The molecule has 166 valence electrons. The van der Waals surface area contributed by atoms with Crippen molar-refractivity contribution in [3.63, 3.8) is 0 Å². The quantitative estimate of drug-likeness (QED) is 0.383. The summed E-state index contributed by atoms with van der Waals surface area (Å²) in [6, 6.07) is 20.5. The Balaban J connectivity index is 1.53. The molecular weight excluding hydrogens is 444 g/mol. The molecular formula is C27H20N4O2S. The van der Waals surface area contributed by atoms with E-state index in [2.05, 4.69) is 17.5 Å². The summed E-state index contributed by atoms with van der Waals surface area (Å²) in [5.41, 5.74) is 3.51. The Labute approximate surface area is 202 Å². The zero-order chi connectivity index (χ0) is 23.9. The van der Waals surface area contributed by atoms with Crippen LogP contribution < -0.4 is 10.1 Å². The number of rotatable bonds is 6. The van der Waals surface area contributed by atoms with Crippen molar-refractivity contribution < 1.29 is 9.53 Å². The van der Waals surface area contributed by atoms with Gasteiger partial charge in [0.1, 0.15) is 35.1 Å². The minimum Gasteiger partial charge on any atom is -0.488 e. The number of hydrogen-bond acceptors (Lipinski definition) is 6. The second-order valence-corrected chi connectivity index (χ2v) is 8.89. The van der Waals surface area contributed by atoms with Crippen LogP contribution in [0, 0.1) is 34.0 Å². The number of anilines is 1. The zero-order valence-corrected chi connectivity index (χ0v) is 19.1. The average molecular weight is 465 g/mol. The number of aryl methyl sites for hydroxylation is 1. The van der Waals surface area contributed by atoms with Crippen LogP contribution in [0.4, 0.5) is 5.00 Å². The number of amides is 1. The fourth-order valence-corrected chi connectivity index (χ4v) is 5.05. The standard InChI is InChI=1S/C27H20N4O2S/c28-14-18-9-11-19(12-10-18)17-33-24-7-3-1-5-20(24)13-21(15-29)26(32)31-27-23(16-30)22-6-2-4-8-25(22)34-27/h1,3,5,7,9-13H,2,4,6,8,17H2,(H,31,32)/b21-13+. The fourth-order valence-electron chi connectivity index (χ4n) is 3.81. The molecule has 4 rings (SSSR count). The number of hydrogen-bond donors (Lipinski definition) is 1. The lowest BCUT2D eigenvalue weighted by Crippen LogP contribution is -2.13. The number of carbonyl (C=O) groups excluding carboxylic acids is 1. The highest BCUT2D eigenvalue weighted by Crippen LogP contribution is 2.37. The first-order valence-electron chi connectivity index (χ1n) is 10.8. The van der Waals surface area contributed by atoms with Gasteiger partial charge in [-0.2, -0.15) is 15.8 Å². The van der Waals surface area contributed by atoms with Crippen molar-refractivity contribution in [2.45, 2.75) is 32.3 Å². The summed E-state index contributed by atoms with van der Waals surface area (Å²) >= 11 is 1.42. The van der Waals surface area contributed by atoms with Crippen molar-refractivity contribution in [3.8, 4) is 24.0 Å². The predicted molar refractivity (Wildman–Crippen MR) is 130 cm³/mol. The number of benzene rings is 2. The fraction of sp³-hybridized carbons (Fsp3) is 0.185. The molecule has 0 spiro atoms. The molecule has 1 aromatic heterocycles. The summed E-state index contributed by atoms with van der Waals surface area (Å²) in [4.78, 5) is 14.0. The highest BCUT2D eigenvalue weighted by Gasteiger charge is 2.22. The highest BCUT2D eigenvalue weighted by molar-refractivity contribution is 7.16. The normalized spacial score (nSPS) is 12.6. The molecule has 6 nitrogen and oxygen atoms in total. The number of para-hydroxylation sites is 1. The van der Waals surface area contributed by atoms with Crippen LogP contribution in [0.5, 0.6) is 5.75 Å². The van der Waals surface area contributed by atoms with Gasteiger partial charge in [0.05, 0.1) is 17.2 Å². The van der Waals surface area contributed by atoms with Crippen LogP contribution in [0.3, 0.4) is 0 Å². The van der Waals surface area contributed by atoms with Gasteiger partial charge in [-0.15, -0.1) is 11.3 Å². The lowest BCUT2D eigenvalue weighted by atomic mass is 9.96. The summed E-state index contributed by atoms with van der Waals surface area (Å²) < 4.78 is 5.92. The SMILES string of the molecule is N#C/C(=C\c1ccccc1OCc1ccc(C#N)cc1)C(=O)Nc1sc2c(c1C#N)CCCC2. The lowest BCUT2D eigenvalue weighted by molar-refractivity contribution is -0.112. The van der Waals surface area contributed by atoms with Crippen LogP contribution in [0.1, 0.15) is 45.5 Å². The Morgan fingerprint density at radius 1 is 1.03 bits per heavy atom. The first-order chi connectivity index (χ1) is 16.6. The number of thiophene rings is 1. The molecule has 0 saturated heterocycles. The molecule has 1 aliphatic rings. The second-order valence-electron chi connectivity index (χ2n) is 7.79. The monoisotopic (exact) mass is 464 g/mol. The van der Waals surface area contributed by atoms with E-state index >= 15 is 0 Å². The first kappa shape index (κ1) is 22.8. The molecule has 7 heteroatoms. The van der Waals surface area contributed by atoms with E-state index in [9.17, 15) is 15.3 Å². The van der Waals surface area contributed by atoms with E-state index in [4.69, 9.17) is 10.00 Å². The topological polar surface area (TPSA) is 110 Å². The third-order valence-corrected chi connectivity index (χ3v) is 6.78. The Kier molecular flexibility index (Phi) is 7.04. The summed E-state index contributed by atoms with van der Waals surface area (Å²) in [6.07, 6.45) is 5.36. The van der Waals surface area contributed by atoms with Gasteiger partial charge in [-0.25, -0.2) is 0 Å². The minimum absolute atomic E-state index is 0.0790. The lowest BCUT2D eigenvalue weighted by Gasteiger charge is -2.10. The largest absolute Gasteiger partial charge is 0.488 e. The van der Waals surface area contributed by atoms with E-state index in [0.717, 1.165) is 41.7 Å². The maximum absolute atomic E-state index is 12.9. The Hall–Kier alpha value is -4.38. The molecule has 2 aromatic carbocycles. The van der Waals surface area contributed by atoms with E-state index in [-0.39, 0.29) is 12.2 Å². The minimum atomic E-state index is -0.556. The molecule has 1 amide bonds. The number of nitrogens with zero attached hydrogens (tertiary/aromatic N) is 3. The van der Waals surface area contributed by atoms with E-state index in [1.165, 1.54) is 17.4 Å². The van der Waals surface area contributed by atoms with E-state index in [0.29, 0.717) is 27.4 Å². The third-order valence-electron chi connectivity index (χ3n) is 5.57. The Morgan fingerprint density at radius 3 is 2.53 bits per heavy atom. The smallest absolute Gasteiger partial charge is 0.266 e. The van der Waals surface area contributed by atoms with Gasteiger partial charge in [0.25, 0.3) is 5.91 Å². The molecule has 1 N–H and O–H groups in total. The van der Waals surface area contributed by atoms with Gasteiger partial charge in [0.2, 0.25) is 0 Å². The van der Waals surface area contributed by atoms with Gasteiger partial charge in [-0.3, -0.25) is 4.79 Å². The maximum Gasteiger partial charge on any atom is 0.266 e. The van der Waals surface area contributed by atoms with Crippen LogP contribution in [0.2, 0.25) is 0 Å². The molecule has 1 aliphatic carbocycles. The predicted octanol–water partition coefficient (Wildman–Crippen LogP) is 5.49. The molecule has 1 heterocycles. The molecule has 0 unspecified atom stereocenters. The maximum atomic E-state index is 12.9. The number of ether oxygens (including phenoxy) is 1. The first-order valence-corrected chi connectivity index (χ1v) is 11.6. The number of nitriles is 3. The molecule has 0 fully saturated rings. The third kappa shape index (κ3) is 4.99. The van der Waals surface area contributed by atoms with E-state index < -0.39 is 5.91 Å². The van der Waals surface area contributed by atoms with Crippen molar-refractivity contribution in [1.82, 2.24) is 0 Å². The zero-order valence-electron chi connectivity index (χ0n) is 18.3. The highest BCUT2D eigenvalue weighted by atomic mass is 32.1. The molecule has 0 aliphatic heterocycles. The van der Waals surface area contributed by atoms with E-state index in [1.54, 1.807) is 30.3 Å². The van der Waals surface area contributed by atoms with Crippen molar-refractivity contribution in [2.75, 3.05) is 5.32 Å². The summed E-state index contributed by atoms with van der Waals surface area (Å²) in [6.45, 7) is 0.275. The van der Waals surface area contributed by atoms with Crippen LogP contribution in [0.25, 0.3) is 6.08 Å². The number of carbonyl (C=O) groups is 1. The van der Waals surface area contributed by atoms with Gasteiger partial charge < -0.3 is 10.1 Å². The number of nitrogens with one attached hydrogen (secondary N) is 1. The van der Waals surface area contributed by atoms with Crippen LogP contribution in [-0.2, 0) is 24.2 Å². The van der Waals surface area contributed by atoms with Crippen LogP contribution in [0.15, 0.2) is 54.1 Å². The van der Waals surface area contributed by atoms with Crippen LogP contribution in [-0.4, -0.2) is 5.91 Å². The molecule has 34 heavy (non-hydrogen) atoms. The number of fused-ring (bicyclic) bond motifs is 1. The molecule has 0 saturated carbocycles. The summed E-state index contributed by atoms with van der Waals surface area (Å²) in [5, 5.41) is 31.5.